The third-order valence-corrected chi connectivity index (χ3v) is 7.51. The van der Waals surface area contributed by atoms with Crippen LogP contribution >= 0.6 is 7.75 Å². The molecular weight excluding hydrogens is 309 g/mol. The Balaban J connectivity index is 1.47. The summed E-state index contributed by atoms with van der Waals surface area (Å²) in [5, 5.41) is 2.95. The molecule has 0 radical (unpaired) electrons. The SMILES string of the molecule is CC(NP(=O)(O)Oc1ccccc1)C12CC3CC(CC(C3)C1)C2. The molecular formula is C18H26NO3P. The van der Waals surface area contributed by atoms with E-state index in [-0.39, 0.29) is 11.5 Å². The number of nitrogens with one attached hydrogen (secondary N) is 1. The molecule has 2 N–H and O–H groups in total. The Hall–Kier alpha value is -0.830. The first kappa shape index (κ1) is 15.7. The van der Waals surface area contributed by atoms with Crippen molar-refractivity contribution in [2.45, 2.75) is 51.5 Å². The first-order chi connectivity index (χ1) is 10.9. The van der Waals surface area contributed by atoms with Crippen LogP contribution in [-0.2, 0) is 4.57 Å². The van der Waals surface area contributed by atoms with Crippen molar-refractivity contribution in [3.8, 4) is 5.75 Å². The van der Waals surface area contributed by atoms with Gasteiger partial charge in [0.25, 0.3) is 0 Å². The van der Waals surface area contributed by atoms with Crippen LogP contribution in [0.15, 0.2) is 30.3 Å². The molecule has 0 amide bonds. The van der Waals surface area contributed by atoms with Gasteiger partial charge in [-0.05, 0) is 80.8 Å². The molecule has 23 heavy (non-hydrogen) atoms. The van der Waals surface area contributed by atoms with Gasteiger partial charge in [0.15, 0.2) is 0 Å². The van der Waals surface area contributed by atoms with Crippen LogP contribution in [0.2, 0.25) is 0 Å². The normalized spacial score (nSPS) is 39.0. The molecule has 1 aromatic carbocycles. The average Bonchev–Trinajstić information content (AvgIpc) is 2.45. The van der Waals surface area contributed by atoms with Gasteiger partial charge >= 0.3 is 7.75 Å². The maximum absolute atomic E-state index is 12.5. The monoisotopic (exact) mass is 335 g/mol. The molecule has 4 aliphatic rings. The van der Waals surface area contributed by atoms with Crippen LogP contribution in [0, 0.1) is 23.2 Å². The van der Waals surface area contributed by atoms with Crippen LogP contribution in [0.1, 0.15) is 45.4 Å². The van der Waals surface area contributed by atoms with Crippen LogP contribution in [0.5, 0.6) is 5.75 Å². The zero-order valence-corrected chi connectivity index (χ0v) is 14.5. The summed E-state index contributed by atoms with van der Waals surface area (Å²) >= 11 is 0. The van der Waals surface area contributed by atoms with Crippen LogP contribution in [0.4, 0.5) is 0 Å². The lowest BCUT2D eigenvalue weighted by molar-refractivity contribution is -0.0675. The van der Waals surface area contributed by atoms with Gasteiger partial charge in [-0.3, -0.25) is 0 Å². The Morgan fingerprint density at radius 2 is 1.65 bits per heavy atom. The van der Waals surface area contributed by atoms with Crippen LogP contribution < -0.4 is 9.61 Å². The van der Waals surface area contributed by atoms with E-state index >= 15 is 0 Å². The molecule has 4 aliphatic carbocycles. The highest BCUT2D eigenvalue weighted by atomic mass is 31.2. The number of rotatable bonds is 5. The fourth-order valence-electron chi connectivity index (χ4n) is 5.74. The molecule has 0 spiro atoms. The van der Waals surface area contributed by atoms with Gasteiger partial charge in [0, 0.05) is 6.04 Å². The molecule has 4 nitrogen and oxygen atoms in total. The summed E-state index contributed by atoms with van der Waals surface area (Å²) in [6.07, 6.45) is 7.76. The zero-order chi connectivity index (χ0) is 16.1. The second-order valence-electron chi connectivity index (χ2n) is 8.06. The third kappa shape index (κ3) is 3.09. The molecule has 2 unspecified atom stereocenters. The zero-order valence-electron chi connectivity index (χ0n) is 13.6. The van der Waals surface area contributed by atoms with Crippen LogP contribution in [-0.4, -0.2) is 10.9 Å². The minimum absolute atomic E-state index is 0.00967. The van der Waals surface area contributed by atoms with Gasteiger partial charge < -0.3 is 9.42 Å². The summed E-state index contributed by atoms with van der Waals surface area (Å²) in [4.78, 5) is 10.3. The summed E-state index contributed by atoms with van der Waals surface area (Å²) in [5.41, 5.74) is 0.188. The van der Waals surface area contributed by atoms with E-state index in [1.54, 1.807) is 24.3 Å². The second-order valence-corrected chi connectivity index (χ2v) is 9.54. The van der Waals surface area contributed by atoms with E-state index in [0.29, 0.717) is 5.75 Å². The number of para-hydroxylation sites is 1. The van der Waals surface area contributed by atoms with Crippen molar-refractivity contribution in [3.05, 3.63) is 30.3 Å². The number of benzene rings is 1. The molecule has 1 aromatic rings. The first-order valence-corrected chi connectivity index (χ1v) is 10.4. The Bertz CT molecular complexity index is 583. The van der Waals surface area contributed by atoms with Crippen LogP contribution in [0.25, 0.3) is 0 Å². The highest BCUT2D eigenvalue weighted by molar-refractivity contribution is 7.51. The van der Waals surface area contributed by atoms with Crippen molar-refractivity contribution >= 4 is 7.75 Å². The van der Waals surface area contributed by atoms with E-state index < -0.39 is 7.75 Å². The first-order valence-electron chi connectivity index (χ1n) is 8.79. The van der Waals surface area contributed by atoms with Crippen molar-refractivity contribution in [2.24, 2.45) is 23.2 Å². The van der Waals surface area contributed by atoms with Crippen molar-refractivity contribution in [1.29, 1.82) is 0 Å². The fraction of sp³-hybridized carbons (Fsp3) is 0.667. The van der Waals surface area contributed by atoms with Gasteiger partial charge in [0.2, 0.25) is 0 Å². The lowest BCUT2D eigenvalue weighted by Gasteiger charge is -2.59. The summed E-state index contributed by atoms with van der Waals surface area (Å²) in [7, 11) is -3.84. The van der Waals surface area contributed by atoms with E-state index in [1.165, 1.54) is 38.5 Å². The molecule has 4 bridgehead atoms. The lowest BCUT2D eigenvalue weighted by atomic mass is 9.48. The Kier molecular flexibility index (Phi) is 3.83. The molecule has 4 saturated carbocycles. The smallest absolute Gasteiger partial charge is 0.413 e. The Morgan fingerprint density at radius 1 is 1.13 bits per heavy atom. The summed E-state index contributed by atoms with van der Waals surface area (Å²) in [5.74, 6) is 2.93. The molecule has 4 fully saturated rings. The summed E-state index contributed by atoms with van der Waals surface area (Å²) in [6.45, 7) is 2.07. The standard InChI is InChI=1S/C18H26NO3P/c1-13(19-23(20,21)22-17-5-3-2-4-6-17)18-10-14-7-15(11-18)9-16(8-14)12-18/h2-6,13-16H,7-12H2,1H3,(H2,19,20,21). The van der Waals surface area contributed by atoms with E-state index in [0.717, 1.165) is 17.8 Å². The quantitative estimate of drug-likeness (QED) is 0.785. The van der Waals surface area contributed by atoms with Crippen molar-refractivity contribution in [1.82, 2.24) is 5.09 Å². The van der Waals surface area contributed by atoms with Crippen molar-refractivity contribution in [3.63, 3.8) is 0 Å². The van der Waals surface area contributed by atoms with Crippen molar-refractivity contribution < 1.29 is 14.0 Å². The van der Waals surface area contributed by atoms with E-state index in [9.17, 15) is 9.46 Å². The average molecular weight is 335 g/mol. The van der Waals surface area contributed by atoms with E-state index in [1.807, 2.05) is 6.07 Å². The molecule has 0 aromatic heterocycles. The maximum Gasteiger partial charge on any atom is 0.456 e. The minimum Gasteiger partial charge on any atom is -0.413 e. The fourth-order valence-corrected chi connectivity index (χ4v) is 6.96. The van der Waals surface area contributed by atoms with Gasteiger partial charge in [-0.15, -0.1) is 0 Å². The number of hydrogen-bond acceptors (Lipinski definition) is 2. The highest BCUT2D eigenvalue weighted by Gasteiger charge is 2.54. The minimum atomic E-state index is -3.84. The molecule has 126 valence electrons. The highest BCUT2D eigenvalue weighted by Crippen LogP contribution is 2.62. The predicted molar refractivity (Wildman–Crippen MR) is 90.1 cm³/mol. The van der Waals surface area contributed by atoms with Gasteiger partial charge in [0.1, 0.15) is 5.75 Å². The Morgan fingerprint density at radius 3 is 2.17 bits per heavy atom. The molecule has 0 aliphatic heterocycles. The maximum atomic E-state index is 12.5. The predicted octanol–water partition coefficient (Wildman–Crippen LogP) is 4.36. The van der Waals surface area contributed by atoms with Gasteiger partial charge in [-0.2, -0.15) is 0 Å². The van der Waals surface area contributed by atoms with Gasteiger partial charge in [-0.1, -0.05) is 18.2 Å². The largest absolute Gasteiger partial charge is 0.456 e. The molecule has 5 heteroatoms. The molecule has 5 rings (SSSR count). The second kappa shape index (κ2) is 5.61. The van der Waals surface area contributed by atoms with Gasteiger partial charge in [-0.25, -0.2) is 9.65 Å². The van der Waals surface area contributed by atoms with Gasteiger partial charge in [0.05, 0.1) is 0 Å². The summed E-state index contributed by atoms with van der Waals surface area (Å²) < 4.78 is 17.8. The third-order valence-electron chi connectivity index (χ3n) is 6.33. The summed E-state index contributed by atoms with van der Waals surface area (Å²) in [6, 6.07) is 8.89. The van der Waals surface area contributed by atoms with E-state index in [4.69, 9.17) is 4.52 Å². The Labute approximate surface area is 138 Å². The lowest BCUT2D eigenvalue weighted by Crippen LogP contribution is -2.54. The topological polar surface area (TPSA) is 58.6 Å². The van der Waals surface area contributed by atoms with Crippen LogP contribution in [0.3, 0.4) is 0 Å². The number of hydrogen-bond donors (Lipinski definition) is 2. The van der Waals surface area contributed by atoms with Crippen molar-refractivity contribution in [2.75, 3.05) is 0 Å². The van der Waals surface area contributed by atoms with E-state index in [2.05, 4.69) is 12.0 Å². The molecule has 0 heterocycles. The molecule has 2 atom stereocenters. The molecule has 0 saturated heterocycles.